The van der Waals surface area contributed by atoms with Gasteiger partial charge in [-0.15, -0.1) is 20.4 Å². The summed E-state index contributed by atoms with van der Waals surface area (Å²) in [5.74, 6) is 2.90. The monoisotopic (exact) mass is 319 g/mol. The van der Waals surface area contributed by atoms with Gasteiger partial charge in [-0.1, -0.05) is 17.8 Å². The molecule has 4 heterocycles. The second kappa shape index (κ2) is 5.83. The van der Waals surface area contributed by atoms with Crippen LogP contribution in [0.4, 0.5) is 10.3 Å². The Morgan fingerprint density at radius 2 is 1.82 bits per heavy atom. The first-order valence-corrected chi connectivity index (χ1v) is 8.89. The molecule has 0 radical (unpaired) electrons. The molecule has 2 aliphatic heterocycles. The van der Waals surface area contributed by atoms with Gasteiger partial charge in [0.1, 0.15) is 11.6 Å². The molecule has 0 spiro atoms. The molecule has 2 aliphatic rings. The van der Waals surface area contributed by atoms with Gasteiger partial charge in [0.05, 0.1) is 0 Å². The molecule has 0 aromatic carbocycles. The Hall–Kier alpha value is -1.70. The highest BCUT2D eigenvalue weighted by Crippen LogP contribution is 2.32. The summed E-state index contributed by atoms with van der Waals surface area (Å²) in [4.78, 5) is 2.28. The molecule has 1 fully saturated rings. The molecule has 0 bridgehead atoms. The summed E-state index contributed by atoms with van der Waals surface area (Å²) >= 11 is 1.47. The standard InChI is InChI=1S/C14H21N7S/c15-13-18-19-14(22-13)20-8-5-10(6-9-20)12-17-16-11-4-2-1-3-7-21(11)12/h10H,1-9H2,(H2,15,18). The molecule has 0 unspecified atom stereocenters. The maximum atomic E-state index is 5.68. The van der Waals surface area contributed by atoms with Crippen molar-refractivity contribution >= 4 is 21.6 Å². The van der Waals surface area contributed by atoms with Gasteiger partial charge in [-0.05, 0) is 25.7 Å². The molecule has 7 nitrogen and oxygen atoms in total. The van der Waals surface area contributed by atoms with E-state index in [0.717, 1.165) is 44.0 Å². The molecule has 2 aromatic rings. The molecule has 0 aliphatic carbocycles. The summed E-state index contributed by atoms with van der Waals surface area (Å²) in [5, 5.41) is 18.5. The number of hydrogen-bond acceptors (Lipinski definition) is 7. The zero-order valence-electron chi connectivity index (χ0n) is 12.6. The van der Waals surface area contributed by atoms with Gasteiger partial charge in [0, 0.05) is 32.0 Å². The van der Waals surface area contributed by atoms with E-state index in [1.807, 2.05) is 0 Å². The third-order valence-corrected chi connectivity index (χ3v) is 5.51. The first kappa shape index (κ1) is 13.9. The van der Waals surface area contributed by atoms with Crippen molar-refractivity contribution in [3.05, 3.63) is 11.6 Å². The fourth-order valence-electron chi connectivity index (χ4n) is 3.49. The zero-order valence-corrected chi connectivity index (χ0v) is 13.4. The van der Waals surface area contributed by atoms with Gasteiger partial charge in [0.25, 0.3) is 0 Å². The summed E-state index contributed by atoms with van der Waals surface area (Å²) in [5.41, 5.74) is 5.68. The van der Waals surface area contributed by atoms with Crippen LogP contribution in [0.25, 0.3) is 0 Å². The Labute approximate surface area is 133 Å². The van der Waals surface area contributed by atoms with E-state index in [9.17, 15) is 0 Å². The van der Waals surface area contributed by atoms with Crippen molar-refractivity contribution in [3.8, 4) is 0 Å². The van der Waals surface area contributed by atoms with Crippen molar-refractivity contribution in [2.75, 3.05) is 23.7 Å². The van der Waals surface area contributed by atoms with Crippen molar-refractivity contribution in [2.24, 2.45) is 0 Å². The normalized spacial score (nSPS) is 19.9. The highest BCUT2D eigenvalue weighted by atomic mass is 32.1. The third kappa shape index (κ3) is 2.55. The minimum absolute atomic E-state index is 0.515. The van der Waals surface area contributed by atoms with Crippen LogP contribution in [0.3, 0.4) is 0 Å². The number of aromatic nitrogens is 5. The molecule has 1 saturated heterocycles. The lowest BCUT2D eigenvalue weighted by atomic mass is 9.96. The Kier molecular flexibility index (Phi) is 3.69. The second-order valence-corrected chi connectivity index (χ2v) is 7.11. The SMILES string of the molecule is Nc1nnc(N2CCC(c3nnc4n3CCCCC4)CC2)s1. The number of nitrogens with zero attached hydrogens (tertiary/aromatic N) is 6. The predicted molar refractivity (Wildman–Crippen MR) is 86.1 cm³/mol. The maximum absolute atomic E-state index is 5.68. The molecule has 2 aromatic heterocycles. The van der Waals surface area contributed by atoms with Gasteiger partial charge in [0.15, 0.2) is 0 Å². The molecule has 8 heteroatoms. The number of piperidine rings is 1. The fraction of sp³-hybridized carbons (Fsp3) is 0.714. The van der Waals surface area contributed by atoms with Crippen molar-refractivity contribution < 1.29 is 0 Å². The van der Waals surface area contributed by atoms with E-state index in [4.69, 9.17) is 5.73 Å². The molecule has 0 amide bonds. The van der Waals surface area contributed by atoms with E-state index in [1.54, 1.807) is 0 Å². The summed E-state index contributed by atoms with van der Waals surface area (Å²) < 4.78 is 2.39. The van der Waals surface area contributed by atoms with Gasteiger partial charge in [-0.25, -0.2) is 0 Å². The Morgan fingerprint density at radius 1 is 0.955 bits per heavy atom. The van der Waals surface area contributed by atoms with Crippen LogP contribution in [-0.2, 0) is 13.0 Å². The number of nitrogen functional groups attached to an aromatic ring is 1. The smallest absolute Gasteiger partial charge is 0.209 e. The fourth-order valence-corrected chi connectivity index (χ4v) is 4.15. The topological polar surface area (TPSA) is 85.8 Å². The van der Waals surface area contributed by atoms with Gasteiger partial charge in [-0.2, -0.15) is 0 Å². The number of anilines is 2. The van der Waals surface area contributed by atoms with Crippen molar-refractivity contribution in [1.29, 1.82) is 0 Å². The van der Waals surface area contributed by atoms with E-state index in [0.29, 0.717) is 11.0 Å². The molecule has 2 N–H and O–H groups in total. The molecule has 0 atom stereocenters. The maximum Gasteiger partial charge on any atom is 0.209 e. The van der Waals surface area contributed by atoms with E-state index >= 15 is 0 Å². The first-order valence-electron chi connectivity index (χ1n) is 8.07. The first-order chi connectivity index (χ1) is 10.8. The molecular weight excluding hydrogens is 298 g/mol. The second-order valence-electron chi connectivity index (χ2n) is 6.12. The molecule has 22 heavy (non-hydrogen) atoms. The summed E-state index contributed by atoms with van der Waals surface area (Å²) in [7, 11) is 0. The third-order valence-electron chi connectivity index (χ3n) is 4.70. The van der Waals surface area contributed by atoms with Crippen LogP contribution in [0.1, 0.15) is 49.7 Å². The lowest BCUT2D eigenvalue weighted by Gasteiger charge is -2.31. The van der Waals surface area contributed by atoms with Crippen LogP contribution in [0.15, 0.2) is 0 Å². The Balaban J connectivity index is 1.46. The average molecular weight is 319 g/mol. The van der Waals surface area contributed by atoms with Crippen LogP contribution in [-0.4, -0.2) is 38.1 Å². The lowest BCUT2D eigenvalue weighted by molar-refractivity contribution is 0.459. The van der Waals surface area contributed by atoms with Gasteiger partial charge in [-0.3, -0.25) is 0 Å². The van der Waals surface area contributed by atoms with Crippen molar-refractivity contribution in [3.63, 3.8) is 0 Å². The molecule has 4 rings (SSSR count). The minimum atomic E-state index is 0.515. The number of hydrogen-bond donors (Lipinski definition) is 1. The van der Waals surface area contributed by atoms with Crippen LogP contribution in [0, 0.1) is 0 Å². The summed E-state index contributed by atoms with van der Waals surface area (Å²) in [6, 6.07) is 0. The quantitative estimate of drug-likeness (QED) is 0.909. The number of aryl methyl sites for hydroxylation is 1. The Morgan fingerprint density at radius 3 is 2.59 bits per heavy atom. The van der Waals surface area contributed by atoms with Crippen molar-refractivity contribution in [2.45, 2.75) is 51.0 Å². The summed E-state index contributed by atoms with van der Waals surface area (Å²) in [6.07, 6.45) is 7.07. The highest BCUT2D eigenvalue weighted by Gasteiger charge is 2.27. The average Bonchev–Trinajstić information content (AvgIpc) is 3.08. The van der Waals surface area contributed by atoms with Crippen LogP contribution >= 0.6 is 11.3 Å². The van der Waals surface area contributed by atoms with E-state index < -0.39 is 0 Å². The van der Waals surface area contributed by atoms with Crippen LogP contribution < -0.4 is 10.6 Å². The highest BCUT2D eigenvalue weighted by molar-refractivity contribution is 7.18. The number of fused-ring (bicyclic) bond motifs is 1. The molecule has 118 valence electrons. The van der Waals surface area contributed by atoms with Crippen LogP contribution in [0.5, 0.6) is 0 Å². The van der Waals surface area contributed by atoms with Gasteiger partial charge < -0.3 is 15.2 Å². The van der Waals surface area contributed by atoms with E-state index in [2.05, 4.69) is 29.9 Å². The zero-order chi connectivity index (χ0) is 14.9. The van der Waals surface area contributed by atoms with Crippen LogP contribution in [0.2, 0.25) is 0 Å². The van der Waals surface area contributed by atoms with E-state index in [-0.39, 0.29) is 0 Å². The molecular formula is C14H21N7S. The van der Waals surface area contributed by atoms with Gasteiger partial charge in [0.2, 0.25) is 10.3 Å². The lowest BCUT2D eigenvalue weighted by Crippen LogP contribution is -2.33. The predicted octanol–water partition coefficient (Wildman–Crippen LogP) is 1.82. The largest absolute Gasteiger partial charge is 0.374 e. The molecule has 0 saturated carbocycles. The van der Waals surface area contributed by atoms with Gasteiger partial charge >= 0.3 is 0 Å². The minimum Gasteiger partial charge on any atom is -0.374 e. The van der Waals surface area contributed by atoms with Crippen molar-refractivity contribution in [1.82, 2.24) is 25.0 Å². The Bertz CT molecular complexity index is 641. The summed E-state index contributed by atoms with van der Waals surface area (Å²) in [6.45, 7) is 3.06. The number of rotatable bonds is 2. The number of nitrogens with two attached hydrogens (primary N) is 1. The van der Waals surface area contributed by atoms with E-state index in [1.165, 1.54) is 42.2 Å².